The van der Waals surface area contributed by atoms with E-state index < -0.39 is 0 Å². The third-order valence-corrected chi connectivity index (χ3v) is 0.500. The average Bonchev–Trinajstić information content (AvgIpc) is 1.75. The van der Waals surface area contributed by atoms with E-state index in [9.17, 15) is 0 Å². The van der Waals surface area contributed by atoms with Crippen LogP contribution in [0.1, 0.15) is 6.92 Å². The predicted octanol–water partition coefficient (Wildman–Crippen LogP) is 0.0243. The van der Waals surface area contributed by atoms with Crippen LogP contribution >= 0.6 is 0 Å². The number of hydrogen-bond acceptors (Lipinski definition) is 1. The number of hydrogen-bond donors (Lipinski definition) is 0. The third-order valence-electron chi connectivity index (χ3n) is 0.500. The summed E-state index contributed by atoms with van der Waals surface area (Å²) >= 11 is 0. The van der Waals surface area contributed by atoms with Gasteiger partial charge in [0.05, 0.1) is 12.7 Å². The fourth-order valence-electron chi connectivity index (χ4n) is 0.0962. The molecule has 1 unspecified atom stereocenters. The molecule has 0 aromatic rings. The van der Waals surface area contributed by atoms with Crippen LogP contribution in [0.15, 0.2) is 0 Å². The van der Waals surface area contributed by atoms with Crippen LogP contribution in [0.25, 0.3) is 0 Å². The second-order valence-electron chi connectivity index (χ2n) is 1.14. The molecule has 0 saturated carbocycles. The van der Waals surface area contributed by atoms with Gasteiger partial charge in [0.15, 0.2) is 0 Å². The minimum absolute atomic E-state index is 0. The predicted molar refractivity (Wildman–Crippen MR) is 21.2 cm³/mol. The van der Waals surface area contributed by atoms with E-state index in [1.54, 1.807) is 0 Å². The molecule has 1 rings (SSSR count). The minimum atomic E-state index is 0. The molecule has 0 spiro atoms. The fourth-order valence-corrected chi connectivity index (χ4v) is 0.0962. The van der Waals surface area contributed by atoms with Crippen molar-refractivity contribution in [2.75, 3.05) is 6.61 Å². The van der Waals surface area contributed by atoms with Crippen molar-refractivity contribution in [1.82, 2.24) is 0 Å². The molecule has 0 aromatic carbocycles. The summed E-state index contributed by atoms with van der Waals surface area (Å²) in [6.07, 6.45) is 0.583. The first kappa shape index (κ1) is 6.22. The Morgan fingerprint density at radius 3 is 2.00 bits per heavy atom. The van der Waals surface area contributed by atoms with Crippen LogP contribution in [0.4, 0.5) is 0 Å². The number of epoxide rings is 1. The van der Waals surface area contributed by atoms with E-state index in [1.165, 1.54) is 0 Å². The molecule has 5 heavy (non-hydrogen) atoms. The van der Waals surface area contributed by atoms with Crippen LogP contribution < -0.4 is 0 Å². The molecule has 1 aliphatic heterocycles. The van der Waals surface area contributed by atoms with Gasteiger partial charge in [0, 0.05) is 37.7 Å². The standard InChI is InChI=1S/C3H6O.Ca/c1-3-2-4-3;/h3H,2H2,1H3;. The van der Waals surface area contributed by atoms with Crippen molar-refractivity contribution in [3.8, 4) is 0 Å². The van der Waals surface area contributed by atoms with E-state index in [0.717, 1.165) is 6.61 Å². The first-order valence-electron chi connectivity index (χ1n) is 1.51. The summed E-state index contributed by atoms with van der Waals surface area (Å²) in [6.45, 7) is 3.04. The molecule has 2 heteroatoms. The Balaban J connectivity index is 0.000000160. The molecular formula is C3H6CaO. The van der Waals surface area contributed by atoms with E-state index in [2.05, 4.69) is 6.92 Å². The third kappa shape index (κ3) is 3.04. The Hall–Kier alpha value is 1.22. The van der Waals surface area contributed by atoms with Crippen molar-refractivity contribution < 1.29 is 4.74 Å². The molecule has 0 amide bonds. The maximum atomic E-state index is 4.71. The van der Waals surface area contributed by atoms with Gasteiger partial charge in [-0.25, -0.2) is 0 Å². The zero-order valence-corrected chi connectivity index (χ0v) is 5.61. The Morgan fingerprint density at radius 1 is 1.80 bits per heavy atom. The van der Waals surface area contributed by atoms with Gasteiger partial charge in [0.25, 0.3) is 0 Å². The molecule has 1 atom stereocenters. The summed E-state index contributed by atoms with van der Waals surface area (Å²) in [4.78, 5) is 0. The van der Waals surface area contributed by atoms with E-state index in [0.29, 0.717) is 6.10 Å². The zero-order chi connectivity index (χ0) is 2.99. The summed E-state index contributed by atoms with van der Waals surface area (Å²) in [5.74, 6) is 0. The quantitative estimate of drug-likeness (QED) is 0.307. The largest absolute Gasteiger partial charge is 0.373 e. The summed E-state index contributed by atoms with van der Waals surface area (Å²) in [7, 11) is 0. The Bertz CT molecular complexity index is 26.1. The molecule has 1 fully saturated rings. The van der Waals surface area contributed by atoms with E-state index >= 15 is 0 Å². The summed E-state index contributed by atoms with van der Waals surface area (Å²) in [5, 5.41) is 0. The van der Waals surface area contributed by atoms with Crippen LogP contribution in [-0.4, -0.2) is 50.4 Å². The molecule has 1 aliphatic rings. The van der Waals surface area contributed by atoms with Gasteiger partial charge in [-0.05, 0) is 6.92 Å². The monoisotopic (exact) mass is 98.0 g/mol. The van der Waals surface area contributed by atoms with Crippen molar-refractivity contribution in [2.45, 2.75) is 13.0 Å². The van der Waals surface area contributed by atoms with Crippen LogP contribution in [0, 0.1) is 0 Å². The van der Waals surface area contributed by atoms with Crippen molar-refractivity contribution in [3.05, 3.63) is 0 Å². The molecule has 0 aromatic heterocycles. The Morgan fingerprint density at radius 2 is 2.00 bits per heavy atom. The molecule has 0 aliphatic carbocycles. The molecule has 1 nitrogen and oxygen atoms in total. The van der Waals surface area contributed by atoms with Crippen LogP contribution in [0.3, 0.4) is 0 Å². The van der Waals surface area contributed by atoms with Gasteiger partial charge in [-0.15, -0.1) is 0 Å². The van der Waals surface area contributed by atoms with Crippen LogP contribution in [0.2, 0.25) is 0 Å². The maximum Gasteiger partial charge on any atom is 0.0781 e. The Kier molecular flexibility index (Phi) is 2.99. The maximum absolute atomic E-state index is 4.71. The van der Waals surface area contributed by atoms with Crippen LogP contribution in [0.5, 0.6) is 0 Å². The van der Waals surface area contributed by atoms with Crippen molar-refractivity contribution in [2.24, 2.45) is 0 Å². The Labute approximate surface area is 61.7 Å². The molecule has 1 heterocycles. The van der Waals surface area contributed by atoms with Gasteiger partial charge in [-0.1, -0.05) is 0 Å². The molecule has 2 radical (unpaired) electrons. The second-order valence-corrected chi connectivity index (χ2v) is 1.14. The van der Waals surface area contributed by atoms with Gasteiger partial charge in [0.2, 0.25) is 0 Å². The SMILES string of the molecule is CC1CO1.[Ca]. The molecule has 0 bridgehead atoms. The molecule has 26 valence electrons. The number of ether oxygens (including phenoxy) is 1. The topological polar surface area (TPSA) is 12.5 Å². The second kappa shape index (κ2) is 2.40. The first-order valence-corrected chi connectivity index (χ1v) is 1.51. The van der Waals surface area contributed by atoms with Gasteiger partial charge < -0.3 is 4.74 Å². The van der Waals surface area contributed by atoms with E-state index in [1.807, 2.05) is 0 Å². The summed E-state index contributed by atoms with van der Waals surface area (Å²) < 4.78 is 4.71. The number of rotatable bonds is 0. The van der Waals surface area contributed by atoms with Gasteiger partial charge in [-0.3, -0.25) is 0 Å². The normalized spacial score (nSPS) is 31.8. The average molecular weight is 98.2 g/mol. The summed E-state index contributed by atoms with van der Waals surface area (Å²) in [5.41, 5.74) is 0. The van der Waals surface area contributed by atoms with Crippen molar-refractivity contribution >= 4 is 37.7 Å². The van der Waals surface area contributed by atoms with Crippen molar-refractivity contribution in [1.29, 1.82) is 0 Å². The molecule has 1 saturated heterocycles. The van der Waals surface area contributed by atoms with Crippen molar-refractivity contribution in [3.63, 3.8) is 0 Å². The van der Waals surface area contributed by atoms with E-state index in [4.69, 9.17) is 4.74 Å². The summed E-state index contributed by atoms with van der Waals surface area (Å²) in [6, 6.07) is 0. The zero-order valence-electron chi connectivity index (χ0n) is 3.40. The molecular weight excluding hydrogens is 92.1 g/mol. The minimum Gasteiger partial charge on any atom is -0.373 e. The smallest absolute Gasteiger partial charge is 0.0781 e. The van der Waals surface area contributed by atoms with Gasteiger partial charge in [0.1, 0.15) is 0 Å². The van der Waals surface area contributed by atoms with E-state index in [-0.39, 0.29) is 37.7 Å². The van der Waals surface area contributed by atoms with Crippen LogP contribution in [-0.2, 0) is 4.74 Å². The van der Waals surface area contributed by atoms with Gasteiger partial charge >= 0.3 is 0 Å². The first-order chi connectivity index (χ1) is 1.89. The fraction of sp³-hybridized carbons (Fsp3) is 1.00. The van der Waals surface area contributed by atoms with Gasteiger partial charge in [-0.2, -0.15) is 0 Å². The molecule has 0 N–H and O–H groups in total.